The van der Waals surface area contributed by atoms with Crippen LogP contribution >= 0.6 is 0 Å². The summed E-state index contributed by atoms with van der Waals surface area (Å²) in [6, 6.07) is 0. The normalized spacial score (nSPS) is 10.0. The number of likely N-dealkylation sites (N-methyl/N-ethyl adjacent to an activating group) is 1. The van der Waals surface area contributed by atoms with Gasteiger partial charge in [-0.3, -0.25) is 9.59 Å². The highest BCUT2D eigenvalue weighted by Crippen LogP contribution is 2.09. The molecule has 0 unspecified atom stereocenters. The minimum absolute atomic E-state index is 0.251. The number of amides is 1. The second-order valence-electron chi connectivity index (χ2n) is 3.27. The summed E-state index contributed by atoms with van der Waals surface area (Å²) >= 11 is 0. The largest absolute Gasteiger partial charge is 0.480 e. The molecule has 0 spiro atoms. The third kappa shape index (κ3) is 2.59. The van der Waals surface area contributed by atoms with Crippen molar-refractivity contribution in [2.45, 2.75) is 13.8 Å². The number of carboxylic acid groups (broad SMARTS) is 1. The molecule has 0 aromatic carbocycles. The zero-order valence-corrected chi connectivity index (χ0v) is 8.78. The first-order valence-electron chi connectivity index (χ1n) is 4.70. The molecule has 1 amide bonds. The Labute approximate surface area is 87.7 Å². The van der Waals surface area contributed by atoms with Gasteiger partial charge in [-0.15, -0.1) is 0 Å². The van der Waals surface area contributed by atoms with E-state index in [0.717, 1.165) is 5.56 Å². The van der Waals surface area contributed by atoms with Crippen LogP contribution < -0.4 is 0 Å². The zero-order chi connectivity index (χ0) is 11.4. The second kappa shape index (κ2) is 4.63. The van der Waals surface area contributed by atoms with Crippen LogP contribution in [0.15, 0.2) is 12.4 Å². The van der Waals surface area contributed by atoms with E-state index in [1.54, 1.807) is 26.2 Å². The van der Waals surface area contributed by atoms with Crippen molar-refractivity contribution >= 4 is 11.9 Å². The number of carbonyl (C=O) groups is 2. The molecule has 1 aromatic rings. The number of rotatable bonds is 4. The summed E-state index contributed by atoms with van der Waals surface area (Å²) in [6.07, 6.45) is 3.30. The minimum atomic E-state index is -1.00. The molecule has 5 heteroatoms. The Morgan fingerprint density at radius 1 is 1.47 bits per heavy atom. The number of nitrogens with zero attached hydrogens (tertiary/aromatic N) is 1. The van der Waals surface area contributed by atoms with E-state index < -0.39 is 5.97 Å². The second-order valence-corrected chi connectivity index (χ2v) is 3.27. The Morgan fingerprint density at radius 3 is 2.53 bits per heavy atom. The van der Waals surface area contributed by atoms with E-state index in [1.165, 1.54) is 4.90 Å². The van der Waals surface area contributed by atoms with Gasteiger partial charge >= 0.3 is 5.97 Å². The fraction of sp³-hybridized carbons (Fsp3) is 0.400. The topological polar surface area (TPSA) is 73.4 Å². The maximum absolute atomic E-state index is 11.8. The van der Waals surface area contributed by atoms with Gasteiger partial charge in [0.2, 0.25) is 0 Å². The Morgan fingerprint density at radius 2 is 2.13 bits per heavy atom. The lowest BCUT2D eigenvalue weighted by molar-refractivity contribution is -0.137. The first-order chi connectivity index (χ1) is 7.06. The number of carbonyl (C=O) groups excluding carboxylic acids is 1. The first kappa shape index (κ1) is 11.3. The molecule has 0 saturated heterocycles. The number of aromatic amines is 1. The van der Waals surface area contributed by atoms with Crippen LogP contribution in [0.1, 0.15) is 22.8 Å². The van der Waals surface area contributed by atoms with Crippen LogP contribution in [0.5, 0.6) is 0 Å². The van der Waals surface area contributed by atoms with Crippen molar-refractivity contribution in [2.75, 3.05) is 13.1 Å². The van der Waals surface area contributed by atoms with Gasteiger partial charge in [-0.1, -0.05) is 0 Å². The molecule has 0 saturated carbocycles. The van der Waals surface area contributed by atoms with Crippen molar-refractivity contribution in [3.63, 3.8) is 0 Å². The number of aromatic nitrogens is 1. The van der Waals surface area contributed by atoms with E-state index >= 15 is 0 Å². The van der Waals surface area contributed by atoms with Crippen molar-refractivity contribution in [3.05, 3.63) is 23.5 Å². The van der Waals surface area contributed by atoms with E-state index in [-0.39, 0.29) is 12.5 Å². The third-order valence-electron chi connectivity index (χ3n) is 2.18. The molecule has 0 fully saturated rings. The molecular formula is C10H14N2O3. The first-order valence-corrected chi connectivity index (χ1v) is 4.70. The third-order valence-corrected chi connectivity index (χ3v) is 2.18. The lowest BCUT2D eigenvalue weighted by Crippen LogP contribution is -2.35. The van der Waals surface area contributed by atoms with Crippen molar-refractivity contribution in [2.24, 2.45) is 0 Å². The van der Waals surface area contributed by atoms with Crippen LogP contribution in [0.4, 0.5) is 0 Å². The summed E-state index contributed by atoms with van der Waals surface area (Å²) in [5.41, 5.74) is 1.35. The molecule has 82 valence electrons. The molecule has 1 aromatic heterocycles. The van der Waals surface area contributed by atoms with E-state index in [4.69, 9.17) is 5.11 Å². The number of nitrogens with one attached hydrogen (secondary N) is 1. The Balaban J connectivity index is 2.82. The molecule has 5 nitrogen and oxygen atoms in total. The van der Waals surface area contributed by atoms with Gasteiger partial charge in [0.25, 0.3) is 5.91 Å². The van der Waals surface area contributed by atoms with Crippen LogP contribution in [0.25, 0.3) is 0 Å². The van der Waals surface area contributed by atoms with Crippen molar-refractivity contribution in [1.82, 2.24) is 9.88 Å². The maximum atomic E-state index is 11.8. The summed E-state index contributed by atoms with van der Waals surface area (Å²) < 4.78 is 0. The fourth-order valence-electron chi connectivity index (χ4n) is 1.33. The Kier molecular flexibility index (Phi) is 3.49. The number of aryl methyl sites for hydroxylation is 1. The Bertz CT molecular complexity index is 370. The van der Waals surface area contributed by atoms with E-state index in [2.05, 4.69) is 4.98 Å². The van der Waals surface area contributed by atoms with Crippen LogP contribution in [0, 0.1) is 6.92 Å². The summed E-state index contributed by atoms with van der Waals surface area (Å²) in [7, 11) is 0. The molecule has 0 atom stereocenters. The molecule has 0 aliphatic heterocycles. The molecule has 0 bridgehead atoms. The van der Waals surface area contributed by atoms with E-state index in [0.29, 0.717) is 12.1 Å². The Hall–Kier alpha value is -1.78. The molecule has 1 heterocycles. The quantitative estimate of drug-likeness (QED) is 0.774. The van der Waals surface area contributed by atoms with Crippen molar-refractivity contribution < 1.29 is 14.7 Å². The molecule has 2 N–H and O–H groups in total. The van der Waals surface area contributed by atoms with Gasteiger partial charge < -0.3 is 15.0 Å². The number of H-pyrrole nitrogens is 1. The highest BCUT2D eigenvalue weighted by molar-refractivity contribution is 5.96. The average Bonchev–Trinajstić information content (AvgIpc) is 2.59. The number of hydrogen-bond acceptors (Lipinski definition) is 2. The summed E-state index contributed by atoms with van der Waals surface area (Å²) in [5.74, 6) is -1.25. The highest BCUT2D eigenvalue weighted by atomic mass is 16.4. The SMILES string of the molecule is CCN(CC(=O)O)C(=O)c1c[nH]cc1C. The van der Waals surface area contributed by atoms with E-state index in [1.807, 2.05) is 0 Å². The maximum Gasteiger partial charge on any atom is 0.323 e. The van der Waals surface area contributed by atoms with Gasteiger partial charge in [0.1, 0.15) is 6.54 Å². The lowest BCUT2D eigenvalue weighted by atomic mass is 10.2. The van der Waals surface area contributed by atoms with Gasteiger partial charge in [0.05, 0.1) is 5.56 Å². The monoisotopic (exact) mass is 210 g/mol. The van der Waals surface area contributed by atoms with Crippen LogP contribution in [0.2, 0.25) is 0 Å². The molecule has 1 rings (SSSR count). The van der Waals surface area contributed by atoms with Gasteiger partial charge in [-0.2, -0.15) is 0 Å². The standard InChI is InChI=1S/C10H14N2O3/c1-3-12(6-9(13)14)10(15)8-5-11-4-7(8)2/h4-5,11H,3,6H2,1-2H3,(H,13,14). The summed E-state index contributed by atoms with van der Waals surface area (Å²) in [5, 5.41) is 8.63. The number of carboxylic acids is 1. The van der Waals surface area contributed by atoms with Crippen molar-refractivity contribution in [1.29, 1.82) is 0 Å². The summed E-state index contributed by atoms with van der Waals surface area (Å²) in [4.78, 5) is 26.5. The van der Waals surface area contributed by atoms with Gasteiger partial charge in [0, 0.05) is 18.9 Å². The molecule has 0 radical (unpaired) electrons. The molecule has 15 heavy (non-hydrogen) atoms. The van der Waals surface area contributed by atoms with Crippen LogP contribution in [-0.2, 0) is 4.79 Å². The van der Waals surface area contributed by atoms with Crippen molar-refractivity contribution in [3.8, 4) is 0 Å². The van der Waals surface area contributed by atoms with Crippen LogP contribution in [0.3, 0.4) is 0 Å². The summed E-state index contributed by atoms with van der Waals surface area (Å²) in [6.45, 7) is 3.68. The zero-order valence-electron chi connectivity index (χ0n) is 8.78. The predicted octanol–water partition coefficient (Wildman–Crippen LogP) is 0.870. The van der Waals surface area contributed by atoms with Crippen LogP contribution in [-0.4, -0.2) is 40.0 Å². The fourth-order valence-corrected chi connectivity index (χ4v) is 1.33. The lowest BCUT2D eigenvalue weighted by Gasteiger charge is -2.18. The smallest absolute Gasteiger partial charge is 0.323 e. The number of aliphatic carboxylic acids is 1. The molecule has 0 aliphatic carbocycles. The number of hydrogen-bond donors (Lipinski definition) is 2. The minimum Gasteiger partial charge on any atom is -0.480 e. The van der Waals surface area contributed by atoms with E-state index in [9.17, 15) is 9.59 Å². The van der Waals surface area contributed by atoms with Gasteiger partial charge in [-0.25, -0.2) is 0 Å². The van der Waals surface area contributed by atoms with Gasteiger partial charge in [-0.05, 0) is 19.4 Å². The average molecular weight is 210 g/mol. The predicted molar refractivity (Wildman–Crippen MR) is 54.7 cm³/mol. The molecule has 0 aliphatic rings. The van der Waals surface area contributed by atoms with Gasteiger partial charge in [0.15, 0.2) is 0 Å². The molecular weight excluding hydrogens is 196 g/mol. The highest BCUT2D eigenvalue weighted by Gasteiger charge is 2.18.